The van der Waals surface area contributed by atoms with Crippen molar-refractivity contribution in [2.24, 2.45) is 11.8 Å². The maximum atomic E-state index is 12.8. The third-order valence-corrected chi connectivity index (χ3v) is 6.14. The Morgan fingerprint density at radius 2 is 1.93 bits per heavy atom. The van der Waals surface area contributed by atoms with Gasteiger partial charge in [0, 0.05) is 38.9 Å². The number of carbonyl (C=O) groups is 2. The molecule has 0 bridgehead atoms. The van der Waals surface area contributed by atoms with Crippen LogP contribution in [-0.2, 0) is 16.0 Å². The SMILES string of the molecule is COc1nc2ccccc2nc1CCC(=O)N(C)[C@H]1C[C@H]2CNC(=O)C[C@H]2C1. The minimum atomic E-state index is 0.0972. The number of hydrogen-bond acceptors (Lipinski definition) is 5. The van der Waals surface area contributed by atoms with Crippen molar-refractivity contribution in [1.82, 2.24) is 20.2 Å². The number of piperidine rings is 1. The molecule has 4 rings (SSSR count). The molecule has 1 saturated heterocycles. The third-order valence-electron chi connectivity index (χ3n) is 6.14. The van der Waals surface area contributed by atoms with Gasteiger partial charge in [-0.3, -0.25) is 9.59 Å². The number of methoxy groups -OCH3 is 1. The van der Waals surface area contributed by atoms with Gasteiger partial charge >= 0.3 is 0 Å². The van der Waals surface area contributed by atoms with Crippen LogP contribution in [0.3, 0.4) is 0 Å². The predicted octanol–water partition coefficient (Wildman–Crippen LogP) is 1.94. The van der Waals surface area contributed by atoms with E-state index in [0.29, 0.717) is 42.7 Å². The molecule has 7 heteroatoms. The van der Waals surface area contributed by atoms with Gasteiger partial charge in [-0.15, -0.1) is 0 Å². The lowest BCUT2D eigenvalue weighted by molar-refractivity contribution is -0.131. The zero-order valence-corrected chi connectivity index (χ0v) is 16.4. The van der Waals surface area contributed by atoms with E-state index in [9.17, 15) is 9.59 Å². The summed E-state index contributed by atoms with van der Waals surface area (Å²) in [6.45, 7) is 0.742. The number of amides is 2. The quantitative estimate of drug-likeness (QED) is 0.854. The van der Waals surface area contributed by atoms with Crippen LogP contribution in [0.4, 0.5) is 0 Å². The largest absolute Gasteiger partial charge is 0.480 e. The highest BCUT2D eigenvalue weighted by molar-refractivity contribution is 5.78. The van der Waals surface area contributed by atoms with Crippen molar-refractivity contribution in [3.05, 3.63) is 30.0 Å². The van der Waals surface area contributed by atoms with Crippen molar-refractivity contribution >= 4 is 22.8 Å². The van der Waals surface area contributed by atoms with E-state index in [0.717, 1.165) is 30.4 Å². The lowest BCUT2D eigenvalue weighted by Gasteiger charge is -2.25. The molecule has 2 heterocycles. The summed E-state index contributed by atoms with van der Waals surface area (Å²) in [4.78, 5) is 35.4. The van der Waals surface area contributed by atoms with Crippen LogP contribution in [-0.4, -0.2) is 53.4 Å². The number of nitrogens with zero attached hydrogens (tertiary/aromatic N) is 3. The van der Waals surface area contributed by atoms with Crippen molar-refractivity contribution in [3.8, 4) is 5.88 Å². The molecule has 3 atom stereocenters. The van der Waals surface area contributed by atoms with E-state index >= 15 is 0 Å². The summed E-state index contributed by atoms with van der Waals surface area (Å²) in [7, 11) is 3.45. The Hall–Kier alpha value is -2.70. The summed E-state index contributed by atoms with van der Waals surface area (Å²) in [6, 6.07) is 7.85. The summed E-state index contributed by atoms with van der Waals surface area (Å²) in [5, 5.41) is 2.94. The molecule has 28 heavy (non-hydrogen) atoms. The second-order valence-electron chi connectivity index (χ2n) is 7.83. The average Bonchev–Trinajstić information content (AvgIpc) is 3.13. The summed E-state index contributed by atoms with van der Waals surface area (Å²) in [5.41, 5.74) is 2.29. The van der Waals surface area contributed by atoms with E-state index in [4.69, 9.17) is 4.74 Å². The van der Waals surface area contributed by atoms with Gasteiger partial charge in [-0.2, -0.15) is 0 Å². The molecular weight excluding hydrogens is 356 g/mol. The number of ether oxygens (including phenoxy) is 1. The van der Waals surface area contributed by atoms with E-state index in [1.54, 1.807) is 7.11 Å². The maximum absolute atomic E-state index is 12.8. The number of carbonyl (C=O) groups excluding carboxylic acids is 2. The Bertz CT molecular complexity index is 900. The van der Waals surface area contributed by atoms with E-state index in [-0.39, 0.29) is 17.9 Å². The first-order chi connectivity index (χ1) is 13.5. The van der Waals surface area contributed by atoms with Gasteiger partial charge in [0.05, 0.1) is 18.1 Å². The molecule has 148 valence electrons. The molecule has 2 fully saturated rings. The minimum absolute atomic E-state index is 0.0972. The Kier molecular flexibility index (Phi) is 5.15. The number of aromatic nitrogens is 2. The molecule has 1 aliphatic heterocycles. The van der Waals surface area contributed by atoms with Crippen molar-refractivity contribution < 1.29 is 14.3 Å². The highest BCUT2D eigenvalue weighted by Crippen LogP contribution is 2.38. The van der Waals surface area contributed by atoms with Crippen LogP contribution in [0.15, 0.2) is 24.3 Å². The van der Waals surface area contributed by atoms with Crippen molar-refractivity contribution in [1.29, 1.82) is 0 Å². The fraction of sp³-hybridized carbons (Fsp3) is 0.524. The highest BCUT2D eigenvalue weighted by atomic mass is 16.5. The minimum Gasteiger partial charge on any atom is -0.480 e. The second kappa shape index (κ2) is 7.73. The zero-order valence-electron chi connectivity index (χ0n) is 16.4. The number of benzene rings is 1. The van der Waals surface area contributed by atoms with Crippen LogP contribution >= 0.6 is 0 Å². The van der Waals surface area contributed by atoms with Crippen LogP contribution in [0.25, 0.3) is 11.0 Å². The molecule has 0 spiro atoms. The van der Waals surface area contributed by atoms with E-state index in [1.807, 2.05) is 36.2 Å². The van der Waals surface area contributed by atoms with E-state index in [2.05, 4.69) is 15.3 Å². The zero-order chi connectivity index (χ0) is 19.7. The molecule has 1 aliphatic carbocycles. The third kappa shape index (κ3) is 3.66. The smallest absolute Gasteiger partial charge is 0.235 e. The summed E-state index contributed by atoms with van der Waals surface area (Å²) >= 11 is 0. The van der Waals surface area contributed by atoms with Gasteiger partial charge in [0.25, 0.3) is 0 Å². The van der Waals surface area contributed by atoms with Crippen LogP contribution < -0.4 is 10.1 Å². The number of rotatable bonds is 5. The Morgan fingerprint density at radius 3 is 2.68 bits per heavy atom. The Balaban J connectivity index is 1.40. The topological polar surface area (TPSA) is 84.4 Å². The summed E-state index contributed by atoms with van der Waals surface area (Å²) in [6.07, 6.45) is 3.32. The number of fused-ring (bicyclic) bond motifs is 2. The Morgan fingerprint density at radius 1 is 1.21 bits per heavy atom. The van der Waals surface area contributed by atoms with E-state index in [1.165, 1.54) is 0 Å². The molecule has 1 saturated carbocycles. The number of hydrogen-bond donors (Lipinski definition) is 1. The number of aryl methyl sites for hydroxylation is 1. The van der Waals surface area contributed by atoms with Gasteiger partial charge in [0.2, 0.25) is 17.7 Å². The van der Waals surface area contributed by atoms with Crippen LogP contribution in [0.5, 0.6) is 5.88 Å². The number of nitrogens with one attached hydrogen (secondary N) is 1. The Labute approximate surface area is 164 Å². The van der Waals surface area contributed by atoms with Crippen molar-refractivity contribution in [2.75, 3.05) is 20.7 Å². The first-order valence-electron chi connectivity index (χ1n) is 9.87. The molecule has 2 aliphatic rings. The monoisotopic (exact) mass is 382 g/mol. The average molecular weight is 382 g/mol. The van der Waals surface area contributed by atoms with Gasteiger partial charge in [0.1, 0.15) is 5.69 Å². The van der Waals surface area contributed by atoms with Crippen LogP contribution in [0.1, 0.15) is 31.4 Å². The molecule has 1 aromatic carbocycles. The van der Waals surface area contributed by atoms with Gasteiger partial charge in [-0.1, -0.05) is 12.1 Å². The van der Waals surface area contributed by atoms with Gasteiger partial charge in [-0.25, -0.2) is 9.97 Å². The normalized spacial score (nSPS) is 23.9. The standard InChI is InChI=1S/C21H26N4O3/c1-25(15-9-13-11-19(26)22-12-14(13)10-15)20(27)8-7-18-21(28-2)24-17-6-4-3-5-16(17)23-18/h3-6,13-15H,7-12H2,1-2H3,(H,22,26)/t13-,14+,15-/m1/s1. The first kappa shape index (κ1) is 18.7. The lowest BCUT2D eigenvalue weighted by atomic mass is 9.89. The van der Waals surface area contributed by atoms with Crippen LogP contribution in [0, 0.1) is 11.8 Å². The highest BCUT2D eigenvalue weighted by Gasteiger charge is 2.40. The predicted molar refractivity (Wildman–Crippen MR) is 105 cm³/mol. The summed E-state index contributed by atoms with van der Waals surface area (Å²) in [5.74, 6) is 1.60. The first-order valence-corrected chi connectivity index (χ1v) is 9.87. The molecule has 7 nitrogen and oxygen atoms in total. The summed E-state index contributed by atoms with van der Waals surface area (Å²) < 4.78 is 5.38. The molecule has 1 N–H and O–H groups in total. The van der Waals surface area contributed by atoms with Gasteiger partial charge in [0.15, 0.2) is 0 Å². The molecule has 2 amide bonds. The molecular formula is C21H26N4O3. The molecule has 0 radical (unpaired) electrons. The second-order valence-corrected chi connectivity index (χ2v) is 7.83. The van der Waals surface area contributed by atoms with E-state index < -0.39 is 0 Å². The maximum Gasteiger partial charge on any atom is 0.235 e. The lowest BCUT2D eigenvalue weighted by Crippen LogP contribution is -2.38. The fourth-order valence-corrected chi connectivity index (χ4v) is 4.50. The fourth-order valence-electron chi connectivity index (χ4n) is 4.50. The van der Waals surface area contributed by atoms with Crippen LogP contribution in [0.2, 0.25) is 0 Å². The molecule has 2 aromatic rings. The van der Waals surface area contributed by atoms with Gasteiger partial charge in [-0.05, 0) is 36.8 Å². The number of para-hydroxylation sites is 2. The molecule has 1 aromatic heterocycles. The van der Waals surface area contributed by atoms with Crippen molar-refractivity contribution in [2.45, 2.75) is 38.1 Å². The van der Waals surface area contributed by atoms with Crippen molar-refractivity contribution in [3.63, 3.8) is 0 Å². The molecule has 0 unspecified atom stereocenters. The van der Waals surface area contributed by atoms with Gasteiger partial charge < -0.3 is 15.0 Å².